The van der Waals surface area contributed by atoms with Crippen molar-refractivity contribution in [1.82, 2.24) is 14.2 Å². The van der Waals surface area contributed by atoms with Crippen LogP contribution in [-0.2, 0) is 21.4 Å². The van der Waals surface area contributed by atoms with Gasteiger partial charge in [0.05, 0.1) is 10.9 Å². The van der Waals surface area contributed by atoms with Gasteiger partial charge >= 0.3 is 0 Å². The van der Waals surface area contributed by atoms with Crippen molar-refractivity contribution < 1.29 is 13.2 Å². The van der Waals surface area contributed by atoms with Crippen molar-refractivity contribution in [1.29, 1.82) is 0 Å². The first-order valence-electron chi connectivity index (χ1n) is 10.8. The molecule has 2 aromatic carbocycles. The Morgan fingerprint density at radius 3 is 2.52 bits per heavy atom. The van der Waals surface area contributed by atoms with Crippen LogP contribution >= 0.6 is 0 Å². The van der Waals surface area contributed by atoms with Crippen LogP contribution in [0.15, 0.2) is 65.7 Å². The lowest BCUT2D eigenvalue weighted by Gasteiger charge is -2.29. The average molecular weight is 440 g/mol. The van der Waals surface area contributed by atoms with Gasteiger partial charge in [0.1, 0.15) is 6.54 Å². The van der Waals surface area contributed by atoms with Gasteiger partial charge in [0.25, 0.3) is 0 Å². The number of sulfonamides is 1. The van der Waals surface area contributed by atoms with Crippen LogP contribution in [0.3, 0.4) is 0 Å². The molecule has 1 amide bonds. The smallest absolute Gasteiger partial charge is 0.243 e. The summed E-state index contributed by atoms with van der Waals surface area (Å²) in [5.41, 5.74) is 1.89. The Morgan fingerprint density at radius 1 is 1.10 bits per heavy atom. The maximum absolute atomic E-state index is 13.0. The zero-order valence-electron chi connectivity index (χ0n) is 18.0. The average Bonchev–Trinajstić information content (AvgIpc) is 3.16. The molecule has 164 valence electrons. The van der Waals surface area contributed by atoms with Gasteiger partial charge in [-0.15, -0.1) is 0 Å². The first-order valence-corrected chi connectivity index (χ1v) is 12.2. The summed E-state index contributed by atoms with van der Waals surface area (Å²) in [5.74, 6) is 0.478. The number of amides is 1. The molecule has 31 heavy (non-hydrogen) atoms. The molecule has 1 aliphatic rings. The van der Waals surface area contributed by atoms with E-state index >= 15 is 0 Å². The van der Waals surface area contributed by atoms with Crippen molar-refractivity contribution in [2.75, 3.05) is 13.1 Å². The van der Waals surface area contributed by atoms with Crippen molar-refractivity contribution in [2.45, 2.75) is 44.2 Å². The molecule has 1 aliphatic heterocycles. The Kier molecular flexibility index (Phi) is 6.16. The number of aromatic nitrogens is 1. The maximum atomic E-state index is 13.0. The van der Waals surface area contributed by atoms with Gasteiger partial charge in [0, 0.05) is 30.2 Å². The third-order valence-corrected chi connectivity index (χ3v) is 8.01. The van der Waals surface area contributed by atoms with E-state index in [0.717, 1.165) is 29.3 Å². The molecular formula is C24H29N3O3S. The third-order valence-electron chi connectivity index (χ3n) is 6.11. The van der Waals surface area contributed by atoms with Crippen LogP contribution < -0.4 is 5.32 Å². The molecule has 4 rings (SSSR count). The molecule has 7 heteroatoms. The highest BCUT2D eigenvalue weighted by molar-refractivity contribution is 7.89. The van der Waals surface area contributed by atoms with Crippen LogP contribution in [0.1, 0.15) is 38.3 Å². The normalized spacial score (nSPS) is 17.0. The van der Waals surface area contributed by atoms with E-state index in [1.165, 1.54) is 0 Å². The summed E-state index contributed by atoms with van der Waals surface area (Å²) < 4.78 is 29.5. The van der Waals surface area contributed by atoms with E-state index in [1.807, 2.05) is 54.1 Å². The molecule has 0 bridgehead atoms. The monoisotopic (exact) mass is 439 g/mol. The molecule has 0 saturated carbocycles. The number of carbonyl (C=O) groups is 1. The number of nitrogens with one attached hydrogen (secondary N) is 1. The van der Waals surface area contributed by atoms with E-state index < -0.39 is 10.0 Å². The number of hydrogen-bond donors (Lipinski definition) is 1. The molecular weight excluding hydrogens is 410 g/mol. The summed E-state index contributed by atoms with van der Waals surface area (Å²) in [5, 5.41) is 3.83. The van der Waals surface area contributed by atoms with Crippen molar-refractivity contribution >= 4 is 26.8 Å². The van der Waals surface area contributed by atoms with Gasteiger partial charge in [-0.1, -0.05) is 37.3 Å². The predicted molar refractivity (Wildman–Crippen MR) is 122 cm³/mol. The SMILES string of the molecule is CC1CCN(S(=O)(=O)c2ccc3c(ccn3CC(=O)N[C@@H](C)c3ccccc3)c2)CC1. The molecule has 1 saturated heterocycles. The summed E-state index contributed by atoms with van der Waals surface area (Å²) in [6, 6.07) is 16.8. The molecule has 0 radical (unpaired) electrons. The van der Waals surface area contributed by atoms with E-state index in [9.17, 15) is 13.2 Å². The van der Waals surface area contributed by atoms with Gasteiger partial charge < -0.3 is 9.88 Å². The Bertz CT molecular complexity index is 1160. The van der Waals surface area contributed by atoms with Crippen molar-refractivity contribution in [3.05, 3.63) is 66.4 Å². The van der Waals surface area contributed by atoms with Crippen LogP contribution in [0, 0.1) is 5.92 Å². The molecule has 0 aliphatic carbocycles. The molecule has 1 atom stereocenters. The third kappa shape index (κ3) is 4.67. The van der Waals surface area contributed by atoms with E-state index in [2.05, 4.69) is 12.2 Å². The molecule has 1 fully saturated rings. The van der Waals surface area contributed by atoms with E-state index in [1.54, 1.807) is 22.5 Å². The second-order valence-corrected chi connectivity index (χ2v) is 10.4. The van der Waals surface area contributed by atoms with Crippen LogP contribution in [0.2, 0.25) is 0 Å². The van der Waals surface area contributed by atoms with Gasteiger partial charge in [-0.05, 0) is 55.5 Å². The van der Waals surface area contributed by atoms with E-state index in [0.29, 0.717) is 23.9 Å². The minimum atomic E-state index is -3.49. The number of benzene rings is 2. The number of carbonyl (C=O) groups excluding carboxylic acids is 1. The molecule has 0 unspecified atom stereocenters. The van der Waals surface area contributed by atoms with Crippen LogP contribution in [0.4, 0.5) is 0 Å². The summed E-state index contributed by atoms with van der Waals surface area (Å²) in [4.78, 5) is 12.9. The topological polar surface area (TPSA) is 71.4 Å². The summed E-state index contributed by atoms with van der Waals surface area (Å²) in [6.07, 6.45) is 3.62. The fourth-order valence-corrected chi connectivity index (χ4v) is 5.62. The standard InChI is InChI=1S/C24H29N3O3S/c1-18-10-14-27(15-11-18)31(29,30)22-8-9-23-21(16-22)12-13-26(23)17-24(28)25-19(2)20-6-4-3-5-7-20/h3-9,12-13,16,18-19H,10-11,14-15,17H2,1-2H3,(H,25,28)/t19-/m0/s1. The first-order chi connectivity index (χ1) is 14.8. The second-order valence-electron chi connectivity index (χ2n) is 8.45. The Morgan fingerprint density at radius 2 is 1.81 bits per heavy atom. The number of rotatable bonds is 6. The predicted octanol–water partition coefficient (Wildman–Crippen LogP) is 3.94. The second kappa shape index (κ2) is 8.85. The van der Waals surface area contributed by atoms with Crippen LogP contribution in [-0.4, -0.2) is 36.3 Å². The zero-order valence-corrected chi connectivity index (χ0v) is 18.8. The van der Waals surface area contributed by atoms with Gasteiger partial charge in [-0.2, -0.15) is 4.31 Å². The van der Waals surface area contributed by atoms with Crippen LogP contribution in [0.25, 0.3) is 10.9 Å². The van der Waals surface area contributed by atoms with E-state index in [4.69, 9.17) is 0 Å². The first kappa shape index (κ1) is 21.6. The molecule has 2 heterocycles. The number of hydrogen-bond acceptors (Lipinski definition) is 3. The van der Waals surface area contributed by atoms with Crippen molar-refractivity contribution in [3.63, 3.8) is 0 Å². The molecule has 1 aromatic heterocycles. The Labute approximate surface area is 183 Å². The summed E-state index contributed by atoms with van der Waals surface area (Å²) >= 11 is 0. The van der Waals surface area contributed by atoms with Crippen molar-refractivity contribution in [2.24, 2.45) is 5.92 Å². The van der Waals surface area contributed by atoms with Crippen LogP contribution in [0.5, 0.6) is 0 Å². The van der Waals surface area contributed by atoms with Crippen molar-refractivity contribution in [3.8, 4) is 0 Å². The highest BCUT2D eigenvalue weighted by Crippen LogP contribution is 2.26. The Hall–Kier alpha value is -2.64. The quantitative estimate of drug-likeness (QED) is 0.632. The van der Waals surface area contributed by atoms with Gasteiger partial charge in [0.15, 0.2) is 0 Å². The molecule has 6 nitrogen and oxygen atoms in total. The lowest BCUT2D eigenvalue weighted by Crippen LogP contribution is -2.37. The maximum Gasteiger partial charge on any atom is 0.243 e. The largest absolute Gasteiger partial charge is 0.348 e. The molecule has 0 spiro atoms. The molecule has 3 aromatic rings. The minimum absolute atomic E-state index is 0.0838. The van der Waals surface area contributed by atoms with Gasteiger partial charge in [0.2, 0.25) is 15.9 Å². The fourth-order valence-electron chi connectivity index (χ4n) is 4.12. The lowest BCUT2D eigenvalue weighted by atomic mass is 10.0. The number of piperidine rings is 1. The zero-order chi connectivity index (χ0) is 22.0. The lowest BCUT2D eigenvalue weighted by molar-refractivity contribution is -0.122. The number of nitrogens with zero attached hydrogens (tertiary/aromatic N) is 2. The molecule has 1 N–H and O–H groups in total. The van der Waals surface area contributed by atoms with Gasteiger partial charge in [-0.3, -0.25) is 4.79 Å². The number of fused-ring (bicyclic) bond motifs is 1. The summed E-state index contributed by atoms with van der Waals surface area (Å²) in [7, 11) is -3.49. The highest BCUT2D eigenvalue weighted by Gasteiger charge is 2.28. The van der Waals surface area contributed by atoms with E-state index in [-0.39, 0.29) is 18.5 Å². The Balaban J connectivity index is 1.48. The fraction of sp³-hybridized carbons (Fsp3) is 0.375. The van der Waals surface area contributed by atoms with Gasteiger partial charge in [-0.25, -0.2) is 8.42 Å². The minimum Gasteiger partial charge on any atom is -0.348 e. The highest BCUT2D eigenvalue weighted by atomic mass is 32.2. The summed E-state index contributed by atoms with van der Waals surface area (Å²) in [6.45, 7) is 5.44.